The minimum absolute atomic E-state index is 0.625. The highest BCUT2D eigenvalue weighted by Crippen LogP contribution is 2.00. The van der Waals surface area contributed by atoms with Gasteiger partial charge in [-0.05, 0) is 26.0 Å². The van der Waals surface area contributed by atoms with Crippen LogP contribution in [0.15, 0.2) is 35.2 Å². The fourth-order valence-electron chi connectivity index (χ4n) is 0.777. The van der Waals surface area contributed by atoms with Crippen LogP contribution >= 0.6 is 12.6 Å². The second-order valence-corrected chi connectivity index (χ2v) is 3.37. The molecular formula is C10H17NO2S. The Morgan fingerprint density at radius 1 is 1.07 bits per heavy atom. The molecule has 2 atom stereocenters. The van der Waals surface area contributed by atoms with E-state index in [1.807, 2.05) is 30.3 Å². The summed E-state index contributed by atoms with van der Waals surface area (Å²) in [5.74, 6) is 0. The molecule has 0 spiro atoms. The van der Waals surface area contributed by atoms with E-state index in [9.17, 15) is 0 Å². The predicted molar refractivity (Wildman–Crippen MR) is 60.2 cm³/mol. The molecule has 0 saturated heterocycles. The fraction of sp³-hybridized carbons (Fsp3) is 0.400. The standard InChI is InChI=1S/C6H6S.C4H11NO2/c7-6-4-2-1-3-5-6;1-3(6)5-4(2)7/h1-5,7H;3-7H,1-2H3. The molecule has 0 amide bonds. The maximum Gasteiger partial charge on any atom is 0.103 e. The van der Waals surface area contributed by atoms with E-state index in [1.54, 1.807) is 13.8 Å². The van der Waals surface area contributed by atoms with Gasteiger partial charge in [0.2, 0.25) is 0 Å². The van der Waals surface area contributed by atoms with Gasteiger partial charge in [0.25, 0.3) is 0 Å². The van der Waals surface area contributed by atoms with Crippen LogP contribution in [-0.4, -0.2) is 22.7 Å². The number of aliphatic hydroxyl groups excluding tert-OH is 2. The Balaban J connectivity index is 0.000000241. The van der Waals surface area contributed by atoms with Crippen molar-refractivity contribution in [3.63, 3.8) is 0 Å². The minimum atomic E-state index is -0.625. The highest BCUT2D eigenvalue weighted by Gasteiger charge is 1.95. The van der Waals surface area contributed by atoms with Gasteiger partial charge in [0.15, 0.2) is 0 Å². The molecular weight excluding hydrogens is 198 g/mol. The van der Waals surface area contributed by atoms with Crippen LogP contribution in [0.1, 0.15) is 13.8 Å². The Kier molecular flexibility index (Phi) is 7.51. The summed E-state index contributed by atoms with van der Waals surface area (Å²) >= 11 is 4.08. The average Bonchev–Trinajstić information content (AvgIpc) is 2.03. The van der Waals surface area contributed by atoms with E-state index in [1.165, 1.54) is 0 Å². The van der Waals surface area contributed by atoms with E-state index < -0.39 is 12.5 Å². The van der Waals surface area contributed by atoms with Gasteiger partial charge >= 0.3 is 0 Å². The van der Waals surface area contributed by atoms with Crippen LogP contribution in [0.3, 0.4) is 0 Å². The van der Waals surface area contributed by atoms with Crippen molar-refractivity contribution in [3.05, 3.63) is 30.3 Å². The molecule has 0 radical (unpaired) electrons. The van der Waals surface area contributed by atoms with Crippen molar-refractivity contribution in [1.82, 2.24) is 5.32 Å². The molecule has 0 aromatic heterocycles. The van der Waals surface area contributed by atoms with Crippen LogP contribution in [0.5, 0.6) is 0 Å². The zero-order valence-corrected chi connectivity index (χ0v) is 9.28. The molecule has 0 saturated carbocycles. The molecule has 1 aromatic rings. The van der Waals surface area contributed by atoms with E-state index in [0.717, 1.165) is 4.90 Å². The first-order chi connectivity index (χ1) is 6.52. The molecule has 0 aliphatic heterocycles. The summed E-state index contributed by atoms with van der Waals surface area (Å²) in [4.78, 5) is 1.02. The second kappa shape index (κ2) is 7.82. The lowest BCUT2D eigenvalue weighted by Crippen LogP contribution is -2.33. The van der Waals surface area contributed by atoms with Crippen molar-refractivity contribution in [2.24, 2.45) is 0 Å². The van der Waals surface area contributed by atoms with Gasteiger partial charge in [0.1, 0.15) is 12.5 Å². The SMILES string of the molecule is CC(O)NC(C)O.Sc1ccccc1. The van der Waals surface area contributed by atoms with Crippen molar-refractivity contribution in [2.75, 3.05) is 0 Å². The van der Waals surface area contributed by atoms with Gasteiger partial charge < -0.3 is 10.2 Å². The smallest absolute Gasteiger partial charge is 0.103 e. The zero-order chi connectivity index (χ0) is 11.0. The summed E-state index contributed by atoms with van der Waals surface area (Å²) in [6.45, 7) is 3.10. The number of thiol groups is 1. The Bertz CT molecular complexity index is 221. The normalized spacial score (nSPS) is 13.8. The van der Waals surface area contributed by atoms with Crippen molar-refractivity contribution < 1.29 is 10.2 Å². The summed E-state index contributed by atoms with van der Waals surface area (Å²) in [5.41, 5.74) is 0. The quantitative estimate of drug-likeness (QED) is 0.443. The monoisotopic (exact) mass is 215 g/mol. The molecule has 0 aliphatic carbocycles. The molecule has 0 bridgehead atoms. The molecule has 2 unspecified atom stereocenters. The lowest BCUT2D eigenvalue weighted by atomic mass is 10.4. The Hall–Kier alpha value is -0.550. The number of hydrogen-bond donors (Lipinski definition) is 4. The third-order valence-corrected chi connectivity index (χ3v) is 1.54. The molecule has 1 aromatic carbocycles. The van der Waals surface area contributed by atoms with Crippen LogP contribution in [0.25, 0.3) is 0 Å². The largest absolute Gasteiger partial charge is 0.379 e. The zero-order valence-electron chi connectivity index (χ0n) is 8.38. The van der Waals surface area contributed by atoms with Gasteiger partial charge in [0, 0.05) is 4.90 Å². The first-order valence-corrected chi connectivity index (χ1v) is 4.83. The molecule has 4 heteroatoms. The first kappa shape index (κ1) is 13.4. The van der Waals surface area contributed by atoms with Gasteiger partial charge in [-0.2, -0.15) is 0 Å². The third kappa shape index (κ3) is 9.54. The molecule has 3 N–H and O–H groups in total. The summed E-state index contributed by atoms with van der Waals surface area (Å²) < 4.78 is 0. The van der Waals surface area contributed by atoms with E-state index in [4.69, 9.17) is 10.2 Å². The molecule has 0 aliphatic rings. The maximum absolute atomic E-state index is 8.45. The van der Waals surface area contributed by atoms with Crippen molar-refractivity contribution in [3.8, 4) is 0 Å². The van der Waals surface area contributed by atoms with E-state index in [0.29, 0.717) is 0 Å². The summed E-state index contributed by atoms with van der Waals surface area (Å²) in [5, 5.41) is 19.3. The van der Waals surface area contributed by atoms with Crippen LogP contribution in [-0.2, 0) is 0 Å². The topological polar surface area (TPSA) is 52.5 Å². The van der Waals surface area contributed by atoms with E-state index >= 15 is 0 Å². The summed E-state index contributed by atoms with van der Waals surface area (Å²) in [7, 11) is 0. The van der Waals surface area contributed by atoms with E-state index in [2.05, 4.69) is 17.9 Å². The predicted octanol–water partition coefficient (Wildman–Crippen LogP) is 1.23. The molecule has 0 heterocycles. The van der Waals surface area contributed by atoms with Gasteiger partial charge in [-0.3, -0.25) is 5.32 Å². The number of benzene rings is 1. The molecule has 3 nitrogen and oxygen atoms in total. The Labute approximate surface area is 90.2 Å². The third-order valence-electron chi connectivity index (χ3n) is 1.24. The van der Waals surface area contributed by atoms with Crippen molar-refractivity contribution in [1.29, 1.82) is 0 Å². The molecule has 14 heavy (non-hydrogen) atoms. The molecule has 0 fully saturated rings. The van der Waals surface area contributed by atoms with Gasteiger partial charge in [-0.25, -0.2) is 0 Å². The first-order valence-electron chi connectivity index (χ1n) is 4.38. The van der Waals surface area contributed by atoms with Crippen molar-refractivity contribution >= 4 is 12.6 Å². The van der Waals surface area contributed by atoms with Crippen LogP contribution in [0.4, 0.5) is 0 Å². The number of nitrogens with one attached hydrogen (secondary N) is 1. The maximum atomic E-state index is 8.45. The van der Waals surface area contributed by atoms with Gasteiger partial charge in [-0.15, -0.1) is 12.6 Å². The highest BCUT2D eigenvalue weighted by molar-refractivity contribution is 7.80. The lowest BCUT2D eigenvalue weighted by Gasteiger charge is -2.08. The summed E-state index contributed by atoms with van der Waals surface area (Å²) in [6, 6.07) is 9.79. The minimum Gasteiger partial charge on any atom is -0.379 e. The summed E-state index contributed by atoms with van der Waals surface area (Å²) in [6.07, 6.45) is -1.25. The lowest BCUT2D eigenvalue weighted by molar-refractivity contribution is 0.0632. The number of rotatable bonds is 2. The Morgan fingerprint density at radius 2 is 1.50 bits per heavy atom. The molecule has 1 rings (SSSR count). The van der Waals surface area contributed by atoms with Crippen LogP contribution in [0, 0.1) is 0 Å². The van der Waals surface area contributed by atoms with Gasteiger partial charge in [0.05, 0.1) is 0 Å². The van der Waals surface area contributed by atoms with Crippen molar-refractivity contribution in [2.45, 2.75) is 31.2 Å². The second-order valence-electron chi connectivity index (χ2n) is 2.85. The molecule has 80 valence electrons. The average molecular weight is 215 g/mol. The van der Waals surface area contributed by atoms with Crippen LogP contribution in [0.2, 0.25) is 0 Å². The van der Waals surface area contributed by atoms with E-state index in [-0.39, 0.29) is 0 Å². The highest BCUT2D eigenvalue weighted by atomic mass is 32.1. The number of aliphatic hydroxyl groups is 2. The Morgan fingerprint density at radius 3 is 1.64 bits per heavy atom. The van der Waals surface area contributed by atoms with Gasteiger partial charge in [-0.1, -0.05) is 18.2 Å². The fourth-order valence-corrected chi connectivity index (χ4v) is 0.949. The van der Waals surface area contributed by atoms with Crippen LogP contribution < -0.4 is 5.32 Å². The number of hydrogen-bond acceptors (Lipinski definition) is 4.